The molecule has 2 amide bonds. The zero-order valence-corrected chi connectivity index (χ0v) is 38.7. The van der Waals surface area contributed by atoms with Gasteiger partial charge in [-0.25, -0.2) is 32.6 Å². The third-order valence-electron chi connectivity index (χ3n) is 11.6. The van der Waals surface area contributed by atoms with E-state index in [-0.39, 0.29) is 21.6 Å². The first kappa shape index (κ1) is 47.0. The van der Waals surface area contributed by atoms with E-state index in [1.807, 2.05) is 71.8 Å². The number of benzene rings is 2. The molecule has 4 heterocycles. The van der Waals surface area contributed by atoms with Crippen molar-refractivity contribution >= 4 is 42.3 Å². The number of hydrogen-bond acceptors (Lipinski definition) is 10. The van der Waals surface area contributed by atoms with Crippen LogP contribution in [0.5, 0.6) is 0 Å². The van der Waals surface area contributed by atoms with Crippen molar-refractivity contribution in [1.29, 1.82) is 0 Å². The summed E-state index contributed by atoms with van der Waals surface area (Å²) in [5, 5.41) is -0.661. The summed E-state index contributed by atoms with van der Waals surface area (Å²) in [4.78, 5) is 47.1. The number of aromatic nitrogens is 4. The summed E-state index contributed by atoms with van der Waals surface area (Å²) in [6.45, 7) is 10.9. The van der Waals surface area contributed by atoms with Crippen molar-refractivity contribution in [2.24, 2.45) is 11.8 Å². The second-order valence-electron chi connectivity index (χ2n) is 16.7. The third kappa shape index (κ3) is 9.68. The lowest BCUT2D eigenvalue weighted by molar-refractivity contribution is -0.137. The van der Waals surface area contributed by atoms with Gasteiger partial charge in [-0.1, -0.05) is 79.9 Å². The van der Waals surface area contributed by atoms with Crippen molar-refractivity contribution in [2.75, 3.05) is 27.2 Å². The summed E-state index contributed by atoms with van der Waals surface area (Å²) in [5.41, 5.74) is 5.23. The van der Waals surface area contributed by atoms with Gasteiger partial charge < -0.3 is 19.8 Å². The Hall–Kier alpha value is -4.51. The third-order valence-corrected chi connectivity index (χ3v) is 17.0. The van der Waals surface area contributed by atoms with Gasteiger partial charge in [-0.15, -0.1) is 0 Å². The Balaban J connectivity index is 1.14. The zero-order chi connectivity index (χ0) is 45.3. The van der Waals surface area contributed by atoms with E-state index < -0.39 is 65.6 Å². The van der Waals surface area contributed by atoms with Crippen LogP contribution in [0.3, 0.4) is 0 Å². The fourth-order valence-corrected chi connectivity index (χ4v) is 12.1. The quantitative estimate of drug-likeness (QED) is 0.102. The Morgan fingerprint density at radius 3 is 1.42 bits per heavy atom. The van der Waals surface area contributed by atoms with Crippen LogP contribution in [0.25, 0.3) is 33.6 Å². The van der Waals surface area contributed by atoms with Crippen molar-refractivity contribution in [3.63, 3.8) is 0 Å². The second kappa shape index (κ2) is 18.7. The maximum Gasteiger partial charge on any atom is 0.294 e. The number of nitrogens with one attached hydrogen (secondary N) is 5. The smallest absolute Gasteiger partial charge is 0.294 e. The highest BCUT2D eigenvalue weighted by atomic mass is 32.3. The Labute approximate surface area is 365 Å². The fourth-order valence-electron chi connectivity index (χ4n) is 7.98. The van der Waals surface area contributed by atoms with Crippen LogP contribution in [-0.4, -0.2) is 115 Å². The summed E-state index contributed by atoms with van der Waals surface area (Å²) in [6, 6.07) is 12.7. The minimum Gasteiger partial charge on any atom is -0.340 e. The van der Waals surface area contributed by atoms with Gasteiger partial charge in [0, 0.05) is 27.2 Å². The molecule has 2 saturated heterocycles. The monoisotopic (exact) mass is 914 g/mol. The Bertz CT molecular complexity index is 2520. The first-order valence-corrected chi connectivity index (χ1v) is 25.2. The predicted molar refractivity (Wildman–Crippen MR) is 237 cm³/mol. The van der Waals surface area contributed by atoms with E-state index in [4.69, 9.17) is 0 Å². The summed E-state index contributed by atoms with van der Waals surface area (Å²) in [6.07, 6.45) is 6.09. The molecule has 5 N–H and O–H groups in total. The molecular formula is C41H58N10O8S3. The van der Waals surface area contributed by atoms with Crippen LogP contribution in [0, 0.1) is 11.8 Å². The summed E-state index contributed by atoms with van der Waals surface area (Å²) in [7, 11) is -10.6. The van der Waals surface area contributed by atoms with Gasteiger partial charge in [-0.05, 0) is 73.6 Å². The van der Waals surface area contributed by atoms with Crippen LogP contribution in [0.1, 0.15) is 91.0 Å². The maximum atomic E-state index is 14.1. The van der Waals surface area contributed by atoms with Gasteiger partial charge in [0.1, 0.15) is 23.7 Å². The molecule has 18 nitrogen and oxygen atoms in total. The molecule has 62 heavy (non-hydrogen) atoms. The van der Waals surface area contributed by atoms with Crippen LogP contribution < -0.4 is 14.2 Å². The molecule has 0 spiro atoms. The second-order valence-corrected chi connectivity index (χ2v) is 22.7. The summed E-state index contributed by atoms with van der Waals surface area (Å²) < 4.78 is 84.3. The number of rotatable bonds is 17. The lowest BCUT2D eigenvalue weighted by Gasteiger charge is -2.35. The van der Waals surface area contributed by atoms with Crippen LogP contribution in [0.4, 0.5) is 0 Å². The molecule has 2 aliphatic rings. The van der Waals surface area contributed by atoms with Crippen molar-refractivity contribution in [3.8, 4) is 33.6 Å². The van der Waals surface area contributed by atoms with Crippen molar-refractivity contribution < 1.29 is 34.8 Å². The SMILES string of the molecule is CNS(=O)(=O)N([C@H](C(=O)N1CCC[C@H]1c1ncc(-c2ccc(-c3ccc(-c4cnc([C@@H]5CCCN5C(=O)[C@@H](NS(=O)(=O)C(C)C)C(C)C)[nH]4)cc3)cc2)[nH]1)C(C)C)S(=O)(=O)NC. The summed E-state index contributed by atoms with van der Waals surface area (Å²) >= 11 is 0. The highest BCUT2D eigenvalue weighted by Crippen LogP contribution is 2.36. The Morgan fingerprint density at radius 2 is 1.05 bits per heavy atom. The van der Waals surface area contributed by atoms with Gasteiger partial charge in [0.05, 0.1) is 41.1 Å². The molecule has 0 unspecified atom stereocenters. The van der Waals surface area contributed by atoms with E-state index in [2.05, 4.69) is 24.7 Å². The number of H-pyrrole nitrogens is 2. The first-order valence-electron chi connectivity index (χ1n) is 20.8. The van der Waals surface area contributed by atoms with Crippen LogP contribution >= 0.6 is 0 Å². The normalized spacial score (nSPS) is 18.7. The molecule has 338 valence electrons. The molecule has 0 radical (unpaired) electrons. The van der Waals surface area contributed by atoms with Gasteiger partial charge in [0.2, 0.25) is 21.8 Å². The van der Waals surface area contributed by atoms with Crippen molar-refractivity contribution in [2.45, 2.75) is 96.6 Å². The number of nitrogens with zero attached hydrogens (tertiary/aromatic N) is 5. The van der Waals surface area contributed by atoms with Gasteiger partial charge in [0.15, 0.2) is 0 Å². The van der Waals surface area contributed by atoms with Crippen LogP contribution in [-0.2, 0) is 40.0 Å². The number of likely N-dealkylation sites (tertiary alicyclic amines) is 2. The average Bonchev–Trinajstić information content (AvgIpc) is 4.08. The molecule has 6 rings (SSSR count). The van der Waals surface area contributed by atoms with E-state index in [9.17, 15) is 34.8 Å². The van der Waals surface area contributed by atoms with Gasteiger partial charge >= 0.3 is 0 Å². The lowest BCUT2D eigenvalue weighted by Crippen LogP contribution is -2.59. The lowest BCUT2D eigenvalue weighted by atomic mass is 10.0. The number of hydrogen-bond donors (Lipinski definition) is 5. The molecule has 2 aliphatic heterocycles. The van der Waals surface area contributed by atoms with E-state index in [1.165, 1.54) is 4.90 Å². The topological polar surface area (TPSA) is 240 Å². The molecule has 0 bridgehead atoms. The molecule has 2 aromatic heterocycles. The standard InChI is InChI=1S/C41H58N10O8S3/c1-25(2)36(48-60(54,55)27(5)6)40(52)49-21-9-11-34(49)38-44-23-32(46-38)30-17-13-28(14-18-30)29-15-19-31(20-16-29)33-24-45-39(47-33)35-12-10-22-50(35)41(53)37(26(3)4)51(61(56,57)42-7)62(58,59)43-8/h13-20,23-27,34-37,42-43,48H,9-12,21-22H2,1-8H3,(H,44,46)(H,45,47)/t34-,35-,36-,37-/m0/s1. The zero-order valence-electron chi connectivity index (χ0n) is 36.3. The summed E-state index contributed by atoms with van der Waals surface area (Å²) in [5.74, 6) is -0.655. The van der Waals surface area contributed by atoms with Gasteiger partial charge in [-0.3, -0.25) is 9.59 Å². The number of carbonyl (C=O) groups excluding carboxylic acids is 2. The number of imidazole rings is 2. The maximum absolute atomic E-state index is 14.1. The average molecular weight is 915 g/mol. The molecular weight excluding hydrogens is 857 g/mol. The van der Waals surface area contributed by atoms with Crippen molar-refractivity contribution in [3.05, 3.63) is 72.6 Å². The fraction of sp³-hybridized carbons (Fsp3) is 0.512. The first-order chi connectivity index (χ1) is 29.2. The van der Waals surface area contributed by atoms with Crippen LogP contribution in [0.15, 0.2) is 60.9 Å². The molecule has 0 aliphatic carbocycles. The van der Waals surface area contributed by atoms with E-state index >= 15 is 0 Å². The number of carbonyl (C=O) groups is 2. The molecule has 21 heteroatoms. The van der Waals surface area contributed by atoms with E-state index in [1.54, 1.807) is 45.0 Å². The molecule has 0 saturated carbocycles. The highest BCUT2D eigenvalue weighted by Gasteiger charge is 2.48. The van der Waals surface area contributed by atoms with Crippen LogP contribution in [0.2, 0.25) is 0 Å². The van der Waals surface area contributed by atoms with E-state index in [0.29, 0.717) is 49.7 Å². The van der Waals surface area contributed by atoms with Gasteiger partial charge in [0.25, 0.3) is 20.4 Å². The molecule has 2 aromatic carbocycles. The minimum atomic E-state index is -4.59. The van der Waals surface area contributed by atoms with Crippen molar-refractivity contribution in [1.82, 2.24) is 47.6 Å². The minimum absolute atomic E-state index is 0.225. The predicted octanol–water partition coefficient (Wildman–Crippen LogP) is 4.07. The highest BCUT2D eigenvalue weighted by molar-refractivity contribution is 8.02. The number of sulfonamides is 1. The Kier molecular flexibility index (Phi) is 14.2. The number of amides is 2. The molecule has 4 aromatic rings. The molecule has 2 fully saturated rings. The largest absolute Gasteiger partial charge is 0.340 e. The van der Waals surface area contributed by atoms with Gasteiger partial charge in [-0.2, -0.15) is 16.8 Å². The number of aromatic amines is 2. The molecule has 4 atom stereocenters. The Morgan fingerprint density at radius 1 is 0.645 bits per heavy atom. The van der Waals surface area contributed by atoms with E-state index in [0.717, 1.165) is 48.5 Å².